The molecule has 0 aromatic carbocycles. The van der Waals surface area contributed by atoms with Gasteiger partial charge in [0.1, 0.15) is 0 Å². The number of likely N-dealkylation sites (N-methyl/N-ethyl adjacent to an activating group) is 1. The van der Waals surface area contributed by atoms with Crippen molar-refractivity contribution in [3.05, 3.63) is 0 Å². The van der Waals surface area contributed by atoms with Crippen molar-refractivity contribution in [1.82, 2.24) is 10.6 Å². The van der Waals surface area contributed by atoms with E-state index >= 15 is 0 Å². The van der Waals surface area contributed by atoms with Gasteiger partial charge in [-0.25, -0.2) is 0 Å². The summed E-state index contributed by atoms with van der Waals surface area (Å²) in [5.74, 6) is -0.194. The lowest BCUT2D eigenvalue weighted by atomic mass is 10.5. The fraction of sp³-hybridized carbons (Fsp3) is 0.600. The molecule has 0 aromatic heterocycles. The minimum atomic E-state index is -0.194. The predicted molar refractivity (Wildman–Crippen MR) is 32.4 cm³/mol. The van der Waals surface area contributed by atoms with Gasteiger partial charge in [-0.1, -0.05) is 0 Å². The lowest BCUT2D eigenvalue weighted by Crippen LogP contribution is -2.32. The molecule has 0 heterocycles. The van der Waals surface area contributed by atoms with E-state index in [1.807, 2.05) is 6.92 Å². The van der Waals surface area contributed by atoms with E-state index in [1.54, 1.807) is 0 Å². The van der Waals surface area contributed by atoms with Crippen LogP contribution in [0.4, 0.5) is 0 Å². The Bertz CT molecular complexity index is 103. The van der Waals surface area contributed by atoms with Crippen LogP contribution in [0.5, 0.6) is 0 Å². The Morgan fingerprint density at radius 2 is 2.33 bits per heavy atom. The summed E-state index contributed by atoms with van der Waals surface area (Å²) in [5, 5.41) is 4.62. The van der Waals surface area contributed by atoms with Gasteiger partial charge in [-0.3, -0.25) is 9.59 Å². The molecule has 0 unspecified atom stereocenters. The number of rotatable bonds is 4. The van der Waals surface area contributed by atoms with Gasteiger partial charge in [0.05, 0.1) is 6.54 Å². The van der Waals surface area contributed by atoms with Crippen LogP contribution >= 0.6 is 0 Å². The highest BCUT2D eigenvalue weighted by Gasteiger charge is 1.94. The van der Waals surface area contributed by atoms with Gasteiger partial charge in [0.25, 0.3) is 0 Å². The Labute approximate surface area is 53.6 Å². The molecule has 0 bridgehead atoms. The van der Waals surface area contributed by atoms with Crippen LogP contribution in [0.3, 0.4) is 0 Å². The lowest BCUT2D eigenvalue weighted by Gasteiger charge is -1.97. The monoisotopic (exact) mass is 129 g/mol. The second-order valence-electron chi connectivity index (χ2n) is 1.41. The SMILES string of the molecule is CCNC(=O)CN[C]=O. The highest BCUT2D eigenvalue weighted by atomic mass is 16.2. The van der Waals surface area contributed by atoms with E-state index in [2.05, 4.69) is 10.6 Å². The standard InChI is InChI=1S/C5H9N2O2/c1-2-7-5(9)3-6-4-8/h2-3H2,1H3,(H,6,8)(H,7,9). The molecule has 0 saturated heterocycles. The normalized spacial score (nSPS) is 8.11. The Kier molecular flexibility index (Phi) is 4.49. The van der Waals surface area contributed by atoms with Gasteiger partial charge in [-0.2, -0.15) is 0 Å². The highest BCUT2D eigenvalue weighted by molar-refractivity contribution is 5.79. The fourth-order valence-corrected chi connectivity index (χ4v) is 0.376. The fourth-order valence-electron chi connectivity index (χ4n) is 0.376. The second-order valence-corrected chi connectivity index (χ2v) is 1.41. The molecule has 0 aliphatic heterocycles. The zero-order chi connectivity index (χ0) is 7.11. The maximum Gasteiger partial charge on any atom is 0.309 e. The molecule has 0 aliphatic carbocycles. The third-order valence-electron chi connectivity index (χ3n) is 0.695. The van der Waals surface area contributed by atoms with Crippen molar-refractivity contribution in [3.8, 4) is 0 Å². The molecular formula is C5H9N2O2. The maximum atomic E-state index is 10.4. The molecule has 4 nitrogen and oxygen atoms in total. The Balaban J connectivity index is 3.16. The summed E-state index contributed by atoms with van der Waals surface area (Å²) in [7, 11) is 0. The highest BCUT2D eigenvalue weighted by Crippen LogP contribution is 1.59. The van der Waals surface area contributed by atoms with Crippen molar-refractivity contribution in [3.63, 3.8) is 0 Å². The molecule has 0 fully saturated rings. The van der Waals surface area contributed by atoms with Crippen LogP contribution in [0, 0.1) is 0 Å². The molecule has 0 aliphatic rings. The first-order valence-corrected chi connectivity index (χ1v) is 2.68. The summed E-state index contributed by atoms with van der Waals surface area (Å²) in [6.07, 6.45) is 1.40. The summed E-state index contributed by atoms with van der Waals surface area (Å²) >= 11 is 0. The van der Waals surface area contributed by atoms with E-state index in [4.69, 9.17) is 0 Å². The van der Waals surface area contributed by atoms with Crippen molar-refractivity contribution in [2.45, 2.75) is 6.92 Å². The molecule has 9 heavy (non-hydrogen) atoms. The summed E-state index contributed by atoms with van der Waals surface area (Å²) in [4.78, 5) is 19.9. The largest absolute Gasteiger partial charge is 0.355 e. The molecule has 0 spiro atoms. The maximum absolute atomic E-state index is 10.4. The van der Waals surface area contributed by atoms with Gasteiger partial charge in [-0.15, -0.1) is 0 Å². The molecular weight excluding hydrogens is 120 g/mol. The van der Waals surface area contributed by atoms with Crippen molar-refractivity contribution in [2.24, 2.45) is 0 Å². The van der Waals surface area contributed by atoms with Crippen LogP contribution in [-0.2, 0) is 9.59 Å². The van der Waals surface area contributed by atoms with Gasteiger partial charge in [0.2, 0.25) is 5.91 Å². The Morgan fingerprint density at radius 3 is 2.78 bits per heavy atom. The average Bonchev–Trinajstić information content (AvgIpc) is 1.85. The van der Waals surface area contributed by atoms with Crippen LogP contribution in [-0.4, -0.2) is 25.4 Å². The van der Waals surface area contributed by atoms with E-state index in [-0.39, 0.29) is 12.5 Å². The molecule has 0 rings (SSSR count). The van der Waals surface area contributed by atoms with Crippen LogP contribution < -0.4 is 10.6 Å². The Morgan fingerprint density at radius 1 is 1.67 bits per heavy atom. The van der Waals surface area contributed by atoms with E-state index in [0.717, 1.165) is 0 Å². The number of nitrogens with one attached hydrogen (secondary N) is 2. The number of hydrogen-bond acceptors (Lipinski definition) is 2. The number of hydrogen-bond donors (Lipinski definition) is 2. The molecule has 51 valence electrons. The summed E-state index contributed by atoms with van der Waals surface area (Å²) in [6.45, 7) is 2.40. The molecule has 4 heteroatoms. The third kappa shape index (κ3) is 4.80. The molecule has 0 saturated carbocycles. The van der Waals surface area contributed by atoms with Gasteiger partial charge in [0.15, 0.2) is 0 Å². The summed E-state index contributed by atoms with van der Waals surface area (Å²) < 4.78 is 0. The number of carbonyl (C=O) groups excluding carboxylic acids is 2. The number of carbonyl (C=O) groups is 1. The first-order chi connectivity index (χ1) is 4.31. The lowest BCUT2D eigenvalue weighted by molar-refractivity contribution is -0.119. The van der Waals surface area contributed by atoms with Crippen molar-refractivity contribution in [2.75, 3.05) is 13.1 Å². The second kappa shape index (κ2) is 5.08. The van der Waals surface area contributed by atoms with Gasteiger partial charge in [0, 0.05) is 6.54 Å². The number of amides is 2. The molecule has 2 amide bonds. The first-order valence-electron chi connectivity index (χ1n) is 2.68. The minimum absolute atomic E-state index is 0.0112. The van der Waals surface area contributed by atoms with E-state index < -0.39 is 0 Å². The average molecular weight is 129 g/mol. The van der Waals surface area contributed by atoms with Gasteiger partial charge in [-0.05, 0) is 6.92 Å². The zero-order valence-electron chi connectivity index (χ0n) is 5.23. The van der Waals surface area contributed by atoms with E-state index in [9.17, 15) is 9.59 Å². The smallest absolute Gasteiger partial charge is 0.309 e. The van der Waals surface area contributed by atoms with E-state index in [0.29, 0.717) is 6.54 Å². The van der Waals surface area contributed by atoms with Crippen molar-refractivity contribution < 1.29 is 9.59 Å². The minimum Gasteiger partial charge on any atom is -0.355 e. The van der Waals surface area contributed by atoms with Crippen LogP contribution in [0.25, 0.3) is 0 Å². The van der Waals surface area contributed by atoms with Crippen molar-refractivity contribution >= 4 is 12.3 Å². The van der Waals surface area contributed by atoms with E-state index in [1.165, 1.54) is 6.41 Å². The third-order valence-corrected chi connectivity index (χ3v) is 0.695. The van der Waals surface area contributed by atoms with Crippen LogP contribution in [0.15, 0.2) is 0 Å². The topological polar surface area (TPSA) is 58.2 Å². The van der Waals surface area contributed by atoms with Gasteiger partial charge < -0.3 is 10.6 Å². The molecule has 0 aromatic rings. The van der Waals surface area contributed by atoms with Crippen LogP contribution in [0.1, 0.15) is 6.92 Å². The van der Waals surface area contributed by atoms with Crippen molar-refractivity contribution in [1.29, 1.82) is 0 Å². The van der Waals surface area contributed by atoms with Crippen LogP contribution in [0.2, 0.25) is 0 Å². The quantitative estimate of drug-likeness (QED) is 0.467. The van der Waals surface area contributed by atoms with Gasteiger partial charge >= 0.3 is 6.41 Å². The summed E-state index contributed by atoms with van der Waals surface area (Å²) in [6, 6.07) is 0. The predicted octanol–water partition coefficient (Wildman–Crippen LogP) is -1.22. The zero-order valence-corrected chi connectivity index (χ0v) is 5.23. The first kappa shape index (κ1) is 7.94. The Hall–Kier alpha value is -1.06. The molecule has 0 atom stereocenters. The summed E-state index contributed by atoms with van der Waals surface area (Å²) in [5.41, 5.74) is 0. The molecule has 2 N–H and O–H groups in total. The molecule has 1 radical (unpaired) electrons.